The normalized spacial score (nSPS) is 11.4. The van der Waals surface area contributed by atoms with Crippen molar-refractivity contribution in [2.75, 3.05) is 24.9 Å². The van der Waals surface area contributed by atoms with Gasteiger partial charge in [0.2, 0.25) is 0 Å². The van der Waals surface area contributed by atoms with Gasteiger partial charge in [0, 0.05) is 5.69 Å². The Hall–Kier alpha value is -3.82. The van der Waals surface area contributed by atoms with Crippen LogP contribution in [-0.2, 0) is 25.2 Å². The second kappa shape index (κ2) is 9.59. The lowest BCUT2D eigenvalue weighted by Crippen LogP contribution is -2.19. The summed E-state index contributed by atoms with van der Waals surface area (Å²) in [5, 5.41) is 4.98. The van der Waals surface area contributed by atoms with Crippen molar-refractivity contribution in [2.45, 2.75) is 6.18 Å². The molecule has 2 aromatic rings. The number of ether oxygens (including phenoxy) is 2. The fourth-order valence-corrected chi connectivity index (χ4v) is 2.34. The molecule has 158 valence electrons. The van der Waals surface area contributed by atoms with Crippen molar-refractivity contribution in [3.8, 4) is 0 Å². The van der Waals surface area contributed by atoms with Gasteiger partial charge in [-0.2, -0.15) is 13.2 Å². The Morgan fingerprint density at radius 3 is 2.27 bits per heavy atom. The maximum atomic E-state index is 12.9. The fourth-order valence-electron chi connectivity index (χ4n) is 2.34. The van der Waals surface area contributed by atoms with Crippen molar-refractivity contribution in [3.05, 3.63) is 71.4 Å². The van der Waals surface area contributed by atoms with Crippen LogP contribution >= 0.6 is 0 Å². The predicted molar refractivity (Wildman–Crippen MR) is 102 cm³/mol. The summed E-state index contributed by atoms with van der Waals surface area (Å²) < 4.78 is 47.7. The minimum Gasteiger partial charge on any atom is -0.466 e. The van der Waals surface area contributed by atoms with E-state index in [0.717, 1.165) is 38.5 Å². The van der Waals surface area contributed by atoms with E-state index in [1.165, 1.54) is 24.3 Å². The first kappa shape index (κ1) is 22.5. The van der Waals surface area contributed by atoms with Gasteiger partial charge in [-0.3, -0.25) is 4.79 Å². The lowest BCUT2D eigenvalue weighted by molar-refractivity contribution is -0.138. The van der Waals surface area contributed by atoms with E-state index in [2.05, 4.69) is 20.1 Å². The molecule has 0 bridgehead atoms. The zero-order chi connectivity index (χ0) is 22.3. The summed E-state index contributed by atoms with van der Waals surface area (Å²) in [6, 6.07) is 10.0. The molecule has 0 aliphatic carbocycles. The van der Waals surface area contributed by atoms with Crippen molar-refractivity contribution >= 4 is 29.2 Å². The van der Waals surface area contributed by atoms with Crippen LogP contribution in [0.15, 0.2) is 60.3 Å². The van der Waals surface area contributed by atoms with Crippen LogP contribution in [0.2, 0.25) is 0 Å². The Balaban J connectivity index is 2.32. The molecule has 0 heterocycles. The lowest BCUT2D eigenvalue weighted by atomic mass is 10.1. The highest BCUT2D eigenvalue weighted by Crippen LogP contribution is 2.31. The number of methoxy groups -OCH3 is 2. The molecule has 30 heavy (non-hydrogen) atoms. The average Bonchev–Trinajstić information content (AvgIpc) is 2.72. The molecule has 2 N–H and O–H groups in total. The number of carbonyl (C=O) groups excluding carboxylic acids is 3. The van der Waals surface area contributed by atoms with Crippen LogP contribution in [-0.4, -0.2) is 32.1 Å². The first-order valence-corrected chi connectivity index (χ1v) is 8.38. The van der Waals surface area contributed by atoms with E-state index in [9.17, 15) is 27.6 Å². The van der Waals surface area contributed by atoms with Crippen molar-refractivity contribution in [1.82, 2.24) is 0 Å². The average molecular weight is 422 g/mol. The van der Waals surface area contributed by atoms with Gasteiger partial charge < -0.3 is 20.1 Å². The van der Waals surface area contributed by atoms with Crippen LogP contribution in [0.4, 0.5) is 24.5 Å². The molecule has 0 radical (unpaired) electrons. The second-order valence-corrected chi connectivity index (χ2v) is 5.78. The molecular weight excluding hydrogens is 405 g/mol. The number of para-hydroxylation sites is 1. The van der Waals surface area contributed by atoms with Gasteiger partial charge >= 0.3 is 18.1 Å². The molecule has 0 atom stereocenters. The molecular formula is C20H17F3N2O5. The first-order chi connectivity index (χ1) is 14.2. The lowest BCUT2D eigenvalue weighted by Gasteiger charge is -2.14. The summed E-state index contributed by atoms with van der Waals surface area (Å²) in [6.07, 6.45) is -3.72. The Morgan fingerprint density at radius 2 is 1.63 bits per heavy atom. The van der Waals surface area contributed by atoms with Gasteiger partial charge in [0.25, 0.3) is 5.91 Å². The molecule has 2 rings (SSSR count). The quantitative estimate of drug-likeness (QED) is 0.546. The molecule has 7 nitrogen and oxygen atoms in total. The number of esters is 2. The molecule has 0 aliphatic heterocycles. The first-order valence-electron chi connectivity index (χ1n) is 8.38. The SMILES string of the molecule is COC(=O)/C=C(/Nc1ccccc1C(=O)Nc1cccc(C(F)(F)F)c1)C(=O)OC. The van der Waals surface area contributed by atoms with Crippen LogP contribution in [0.3, 0.4) is 0 Å². The summed E-state index contributed by atoms with van der Waals surface area (Å²) in [6.45, 7) is 0. The number of amides is 1. The Bertz CT molecular complexity index is 986. The molecule has 0 aromatic heterocycles. The van der Waals surface area contributed by atoms with Crippen LogP contribution < -0.4 is 10.6 Å². The summed E-state index contributed by atoms with van der Waals surface area (Å²) >= 11 is 0. The smallest absolute Gasteiger partial charge is 0.416 e. The molecule has 2 aromatic carbocycles. The van der Waals surface area contributed by atoms with E-state index in [4.69, 9.17) is 0 Å². The highest BCUT2D eigenvalue weighted by Gasteiger charge is 2.30. The molecule has 0 unspecified atom stereocenters. The highest BCUT2D eigenvalue weighted by atomic mass is 19.4. The van der Waals surface area contributed by atoms with Crippen LogP contribution in [0, 0.1) is 0 Å². The number of hydrogen-bond donors (Lipinski definition) is 2. The van der Waals surface area contributed by atoms with E-state index in [0.29, 0.717) is 0 Å². The predicted octanol–water partition coefficient (Wildman–Crippen LogP) is 3.60. The Morgan fingerprint density at radius 1 is 0.933 bits per heavy atom. The van der Waals surface area contributed by atoms with E-state index in [1.807, 2.05) is 0 Å². The van der Waals surface area contributed by atoms with Crippen molar-refractivity contribution < 1.29 is 37.0 Å². The second-order valence-electron chi connectivity index (χ2n) is 5.78. The van der Waals surface area contributed by atoms with Gasteiger partial charge in [-0.25, -0.2) is 9.59 Å². The Kier molecular flexibility index (Phi) is 7.18. The maximum absolute atomic E-state index is 12.9. The number of rotatable bonds is 6. The zero-order valence-electron chi connectivity index (χ0n) is 15.9. The van der Waals surface area contributed by atoms with E-state index in [1.54, 1.807) is 6.07 Å². The number of anilines is 2. The van der Waals surface area contributed by atoms with Gasteiger partial charge in [0.1, 0.15) is 5.70 Å². The molecule has 1 amide bonds. The molecule has 0 spiro atoms. The summed E-state index contributed by atoms with van der Waals surface area (Å²) in [4.78, 5) is 36.0. The van der Waals surface area contributed by atoms with Crippen molar-refractivity contribution in [2.24, 2.45) is 0 Å². The standard InChI is InChI=1S/C20H17F3N2O5/c1-29-17(26)11-16(19(28)30-2)25-15-9-4-3-8-14(15)18(27)24-13-7-5-6-12(10-13)20(21,22)23/h3-11,25H,1-2H3,(H,24,27)/b16-11+. The third kappa shape index (κ3) is 5.84. The third-order valence-corrected chi connectivity index (χ3v) is 3.76. The summed E-state index contributed by atoms with van der Waals surface area (Å²) in [7, 11) is 2.21. The highest BCUT2D eigenvalue weighted by molar-refractivity contribution is 6.09. The minimum atomic E-state index is -4.56. The summed E-state index contributed by atoms with van der Waals surface area (Å²) in [5.41, 5.74) is -1.16. The van der Waals surface area contributed by atoms with Gasteiger partial charge in [0.05, 0.1) is 37.1 Å². The largest absolute Gasteiger partial charge is 0.466 e. The van der Waals surface area contributed by atoms with Crippen molar-refractivity contribution in [3.63, 3.8) is 0 Å². The number of benzene rings is 2. The minimum absolute atomic E-state index is 0.00887. The number of nitrogens with one attached hydrogen (secondary N) is 2. The van der Waals surface area contributed by atoms with Gasteiger partial charge in [0.15, 0.2) is 0 Å². The topological polar surface area (TPSA) is 93.7 Å². The van der Waals surface area contributed by atoms with E-state index < -0.39 is 29.6 Å². The molecule has 10 heteroatoms. The van der Waals surface area contributed by atoms with Crippen LogP contribution in [0.1, 0.15) is 15.9 Å². The Labute approximate surface area is 169 Å². The summed E-state index contributed by atoms with van der Waals surface area (Å²) in [5.74, 6) is -2.47. The van der Waals surface area contributed by atoms with Gasteiger partial charge in [-0.05, 0) is 30.3 Å². The van der Waals surface area contributed by atoms with E-state index in [-0.39, 0.29) is 22.6 Å². The van der Waals surface area contributed by atoms with E-state index >= 15 is 0 Å². The van der Waals surface area contributed by atoms with Crippen molar-refractivity contribution in [1.29, 1.82) is 0 Å². The van der Waals surface area contributed by atoms with Gasteiger partial charge in [-0.15, -0.1) is 0 Å². The molecule has 0 saturated carbocycles. The number of halogens is 3. The maximum Gasteiger partial charge on any atom is 0.416 e. The van der Waals surface area contributed by atoms with Crippen LogP contribution in [0.5, 0.6) is 0 Å². The third-order valence-electron chi connectivity index (χ3n) is 3.76. The number of hydrogen-bond acceptors (Lipinski definition) is 6. The van der Waals surface area contributed by atoms with Crippen LogP contribution in [0.25, 0.3) is 0 Å². The molecule has 0 saturated heterocycles. The number of alkyl halides is 3. The molecule has 0 fully saturated rings. The fraction of sp³-hybridized carbons (Fsp3) is 0.150. The zero-order valence-corrected chi connectivity index (χ0v) is 15.9. The molecule has 0 aliphatic rings. The van der Waals surface area contributed by atoms with Gasteiger partial charge in [-0.1, -0.05) is 18.2 Å². The monoisotopic (exact) mass is 422 g/mol. The number of carbonyl (C=O) groups is 3.